The van der Waals surface area contributed by atoms with Gasteiger partial charge in [-0.2, -0.15) is 0 Å². The molecule has 32 heavy (non-hydrogen) atoms. The minimum Gasteiger partial charge on any atom is -0.480 e. The molecule has 3 atom stereocenters. The van der Waals surface area contributed by atoms with Crippen molar-refractivity contribution in [2.75, 3.05) is 0 Å². The van der Waals surface area contributed by atoms with Crippen LogP contribution in [0.5, 0.6) is 0 Å². The number of carboxylic acid groups (broad SMARTS) is 1. The van der Waals surface area contributed by atoms with Crippen LogP contribution >= 0.6 is 11.3 Å². The number of nitrogens with one attached hydrogen (secondary N) is 1. The van der Waals surface area contributed by atoms with E-state index in [0.29, 0.717) is 30.4 Å². The minimum atomic E-state index is -1.00. The lowest BCUT2D eigenvalue weighted by atomic mass is 9.85. The third-order valence-corrected chi connectivity index (χ3v) is 7.39. The molecular formula is C25H31N3O3S. The molecule has 1 aliphatic rings. The van der Waals surface area contributed by atoms with Gasteiger partial charge in [0, 0.05) is 22.9 Å². The zero-order valence-corrected chi connectivity index (χ0v) is 19.5. The highest BCUT2D eigenvalue weighted by atomic mass is 32.1. The van der Waals surface area contributed by atoms with E-state index < -0.39 is 12.0 Å². The van der Waals surface area contributed by atoms with Gasteiger partial charge in [0.15, 0.2) is 0 Å². The van der Waals surface area contributed by atoms with E-state index in [4.69, 9.17) is 4.98 Å². The first-order valence-corrected chi connectivity index (χ1v) is 12.4. The van der Waals surface area contributed by atoms with Gasteiger partial charge in [-0.15, -0.1) is 11.3 Å². The maximum absolute atomic E-state index is 12.8. The second-order valence-corrected chi connectivity index (χ2v) is 9.87. The van der Waals surface area contributed by atoms with E-state index in [0.717, 1.165) is 29.7 Å². The van der Waals surface area contributed by atoms with E-state index in [-0.39, 0.29) is 5.91 Å². The number of nitrogens with zero attached hydrogens (tertiary/aromatic N) is 2. The SMILES string of the molecule is CCCC(NC(=O)c1ccc2c(c1)nc(Cc1cccs1)n2[C@@H]1CCCC[C@H]1C)C(=O)O. The average Bonchev–Trinajstić information content (AvgIpc) is 3.41. The molecule has 0 saturated heterocycles. The fourth-order valence-electron chi connectivity index (χ4n) is 4.82. The molecule has 1 aromatic carbocycles. The number of carboxylic acids is 1. The van der Waals surface area contributed by atoms with E-state index >= 15 is 0 Å². The molecule has 6 nitrogen and oxygen atoms in total. The van der Waals surface area contributed by atoms with Gasteiger partial charge in [-0.25, -0.2) is 9.78 Å². The van der Waals surface area contributed by atoms with E-state index in [1.165, 1.54) is 24.1 Å². The topological polar surface area (TPSA) is 84.2 Å². The third-order valence-electron chi connectivity index (χ3n) is 6.52. The Morgan fingerprint density at radius 1 is 1.28 bits per heavy atom. The highest BCUT2D eigenvalue weighted by molar-refractivity contribution is 7.09. The quantitative estimate of drug-likeness (QED) is 0.477. The average molecular weight is 454 g/mol. The first kappa shape index (κ1) is 22.5. The summed E-state index contributed by atoms with van der Waals surface area (Å²) in [6, 6.07) is 9.31. The molecule has 1 unspecified atom stereocenters. The van der Waals surface area contributed by atoms with Crippen LogP contribution in [0.15, 0.2) is 35.7 Å². The van der Waals surface area contributed by atoms with Crippen LogP contribution < -0.4 is 5.32 Å². The van der Waals surface area contributed by atoms with Gasteiger partial charge in [-0.05, 0) is 54.8 Å². The van der Waals surface area contributed by atoms with Gasteiger partial charge in [0.2, 0.25) is 0 Å². The van der Waals surface area contributed by atoms with Gasteiger partial charge in [-0.3, -0.25) is 4.79 Å². The maximum atomic E-state index is 12.8. The summed E-state index contributed by atoms with van der Waals surface area (Å²) < 4.78 is 2.40. The first-order valence-electron chi connectivity index (χ1n) is 11.5. The number of thiophene rings is 1. The highest BCUT2D eigenvalue weighted by Gasteiger charge is 2.27. The van der Waals surface area contributed by atoms with Crippen LogP contribution in [-0.2, 0) is 11.2 Å². The van der Waals surface area contributed by atoms with Gasteiger partial charge in [0.25, 0.3) is 5.91 Å². The Morgan fingerprint density at radius 3 is 2.78 bits per heavy atom. The molecule has 0 spiro atoms. The van der Waals surface area contributed by atoms with Crippen molar-refractivity contribution < 1.29 is 14.7 Å². The van der Waals surface area contributed by atoms with E-state index in [1.807, 2.05) is 13.0 Å². The lowest BCUT2D eigenvalue weighted by Gasteiger charge is -2.31. The largest absolute Gasteiger partial charge is 0.480 e. The van der Waals surface area contributed by atoms with E-state index in [9.17, 15) is 14.7 Å². The maximum Gasteiger partial charge on any atom is 0.326 e. The Labute approximate surface area is 192 Å². The fourth-order valence-corrected chi connectivity index (χ4v) is 5.52. The summed E-state index contributed by atoms with van der Waals surface area (Å²) in [6.07, 6.45) is 6.73. The Hall–Kier alpha value is -2.67. The molecule has 1 amide bonds. The Kier molecular flexibility index (Phi) is 6.94. The third kappa shape index (κ3) is 4.72. The molecule has 4 rings (SSSR count). The van der Waals surface area contributed by atoms with Gasteiger partial charge in [0.05, 0.1) is 11.0 Å². The Balaban J connectivity index is 1.70. The standard InChI is InChI=1S/C25H31N3O3S/c1-3-7-19(25(30)31)27-24(29)17-11-12-22-20(14-17)26-23(15-18-9-6-13-32-18)28(22)21-10-5-4-8-16(21)2/h6,9,11-14,16,19,21H,3-5,7-8,10,15H2,1-2H3,(H,27,29)(H,30,31)/t16-,19?,21-/m1/s1. The van der Waals surface area contributed by atoms with Gasteiger partial charge >= 0.3 is 5.97 Å². The normalized spacial score (nSPS) is 19.7. The van der Waals surface area contributed by atoms with Crippen LogP contribution in [0, 0.1) is 5.92 Å². The smallest absolute Gasteiger partial charge is 0.326 e. The van der Waals surface area contributed by atoms with Crippen LogP contribution in [0.2, 0.25) is 0 Å². The molecule has 0 bridgehead atoms. The van der Waals surface area contributed by atoms with E-state index in [2.05, 4.69) is 34.3 Å². The lowest BCUT2D eigenvalue weighted by molar-refractivity contribution is -0.139. The number of rotatable bonds is 8. The van der Waals surface area contributed by atoms with Gasteiger partial charge < -0.3 is 15.0 Å². The van der Waals surface area contributed by atoms with Crippen LogP contribution in [0.4, 0.5) is 0 Å². The van der Waals surface area contributed by atoms with Crippen molar-refractivity contribution in [1.29, 1.82) is 0 Å². The number of carbonyl (C=O) groups excluding carboxylic acids is 1. The molecule has 3 aromatic rings. The van der Waals surface area contributed by atoms with E-state index in [1.54, 1.807) is 23.5 Å². The number of benzene rings is 1. The monoisotopic (exact) mass is 453 g/mol. The molecule has 1 fully saturated rings. The number of fused-ring (bicyclic) bond motifs is 1. The second-order valence-electron chi connectivity index (χ2n) is 8.84. The molecular weight excluding hydrogens is 422 g/mol. The highest BCUT2D eigenvalue weighted by Crippen LogP contribution is 2.37. The van der Waals surface area contributed by atoms with Gasteiger partial charge in [0.1, 0.15) is 11.9 Å². The number of aromatic nitrogens is 2. The molecule has 170 valence electrons. The summed E-state index contributed by atoms with van der Waals surface area (Å²) in [4.78, 5) is 30.5. The summed E-state index contributed by atoms with van der Waals surface area (Å²) in [6.45, 7) is 4.23. The molecule has 7 heteroatoms. The Morgan fingerprint density at radius 2 is 2.09 bits per heavy atom. The number of imidazole rings is 1. The van der Waals surface area contributed by atoms with Crippen LogP contribution in [0.1, 0.15) is 79.5 Å². The van der Waals surface area contributed by atoms with Crippen LogP contribution in [0.25, 0.3) is 11.0 Å². The second kappa shape index (κ2) is 9.86. The minimum absolute atomic E-state index is 0.367. The van der Waals surface area contributed by atoms with Crippen molar-refractivity contribution in [3.8, 4) is 0 Å². The summed E-state index contributed by atoms with van der Waals surface area (Å²) in [5.41, 5.74) is 2.29. The van der Waals surface area contributed by atoms with Crippen LogP contribution in [0.3, 0.4) is 0 Å². The number of amides is 1. The Bertz CT molecular complexity index is 1090. The lowest BCUT2D eigenvalue weighted by Crippen LogP contribution is -2.40. The molecule has 0 radical (unpaired) electrons. The number of hydrogen-bond donors (Lipinski definition) is 2. The first-order chi connectivity index (χ1) is 15.5. The predicted molar refractivity (Wildman–Crippen MR) is 127 cm³/mol. The molecule has 1 aliphatic carbocycles. The summed E-state index contributed by atoms with van der Waals surface area (Å²) >= 11 is 1.73. The summed E-state index contributed by atoms with van der Waals surface area (Å²) in [5, 5.41) is 14.1. The zero-order valence-electron chi connectivity index (χ0n) is 18.7. The van der Waals surface area contributed by atoms with Crippen molar-refractivity contribution in [2.24, 2.45) is 5.92 Å². The zero-order chi connectivity index (χ0) is 22.7. The van der Waals surface area contributed by atoms with Crippen molar-refractivity contribution in [3.05, 3.63) is 52.0 Å². The van der Waals surface area contributed by atoms with Crippen molar-refractivity contribution in [2.45, 2.75) is 70.9 Å². The van der Waals surface area contributed by atoms with Gasteiger partial charge in [-0.1, -0.05) is 39.2 Å². The predicted octanol–water partition coefficient (Wildman–Crippen LogP) is 5.42. The number of hydrogen-bond acceptors (Lipinski definition) is 4. The van der Waals surface area contributed by atoms with Crippen molar-refractivity contribution in [3.63, 3.8) is 0 Å². The molecule has 1 saturated carbocycles. The summed E-state index contributed by atoms with van der Waals surface area (Å²) in [7, 11) is 0. The molecule has 0 aliphatic heterocycles. The molecule has 2 N–H and O–H groups in total. The van der Waals surface area contributed by atoms with Crippen LogP contribution in [-0.4, -0.2) is 32.6 Å². The van der Waals surface area contributed by atoms with Crippen molar-refractivity contribution in [1.82, 2.24) is 14.9 Å². The molecule has 2 aromatic heterocycles. The molecule has 2 heterocycles. The fraction of sp³-hybridized carbons (Fsp3) is 0.480. The van der Waals surface area contributed by atoms with Crippen molar-refractivity contribution >= 4 is 34.2 Å². The number of carbonyl (C=O) groups is 2. The number of aliphatic carboxylic acids is 1. The summed E-state index contributed by atoms with van der Waals surface area (Å²) in [5.74, 6) is 0.243.